The fraction of sp³-hybridized carbons (Fsp3) is 0.105. The van der Waals surface area contributed by atoms with Gasteiger partial charge in [0.2, 0.25) is 0 Å². The topological polar surface area (TPSA) is 99.5 Å². The first kappa shape index (κ1) is 31.8. The third kappa shape index (κ3) is 10.9. The molecular weight excluding hydrogens is 391 g/mol. The standard InChI is InChI=1S/C14H13P.5CO.Cr/c1-2-6-12(7-3-1)15-13-8-4-5-9-14(15)11-10-13;5*1-2;/h1-11,13-14H;;;;;;/p+1. The smallest absolute Gasteiger partial charge is 0 e. The van der Waals surface area contributed by atoms with Crippen LogP contribution >= 0.6 is 7.92 Å². The number of benzene rings is 1. The molecule has 2 heterocycles. The molecule has 0 amide bonds. The first-order valence-electron chi connectivity index (χ1n) is 6.43. The van der Waals surface area contributed by atoms with Crippen LogP contribution in [0.3, 0.4) is 0 Å². The zero-order valence-electron chi connectivity index (χ0n) is 13.5. The zero-order valence-corrected chi connectivity index (χ0v) is 15.7. The van der Waals surface area contributed by atoms with E-state index in [4.69, 9.17) is 23.3 Å². The molecule has 2 unspecified atom stereocenters. The van der Waals surface area contributed by atoms with Crippen molar-refractivity contribution >= 4 is 13.2 Å². The number of hydrogen-bond acceptors (Lipinski definition) is 0. The predicted molar refractivity (Wildman–Crippen MR) is 89.0 cm³/mol. The molecule has 7 heteroatoms. The fourth-order valence-electron chi connectivity index (χ4n) is 2.39. The molecule has 2 atom stereocenters. The van der Waals surface area contributed by atoms with Crippen molar-refractivity contribution in [3.8, 4) is 0 Å². The van der Waals surface area contributed by atoms with E-state index in [1.165, 1.54) is 0 Å². The van der Waals surface area contributed by atoms with Gasteiger partial charge in [-0.3, -0.25) is 0 Å². The quantitative estimate of drug-likeness (QED) is 0.297. The molecule has 2 aliphatic rings. The Hall–Kier alpha value is -1.90. The van der Waals surface area contributed by atoms with Crippen molar-refractivity contribution in [2.75, 3.05) is 0 Å². The van der Waals surface area contributed by atoms with Crippen molar-refractivity contribution in [3.63, 3.8) is 0 Å². The maximum Gasteiger partial charge on any atom is 0 e. The van der Waals surface area contributed by atoms with Crippen LogP contribution in [-0.4, -0.2) is 11.3 Å². The molecule has 0 spiro atoms. The van der Waals surface area contributed by atoms with E-state index >= 15 is 0 Å². The molecule has 1 aromatic rings. The summed E-state index contributed by atoms with van der Waals surface area (Å²) in [5.74, 6) is 0. The van der Waals surface area contributed by atoms with E-state index in [1.54, 1.807) is 5.30 Å². The van der Waals surface area contributed by atoms with Crippen LogP contribution in [0.25, 0.3) is 0 Å². The van der Waals surface area contributed by atoms with Crippen LogP contribution in [-0.2, 0) is 40.6 Å². The minimum Gasteiger partial charge on any atom is 0 e. The fourth-order valence-corrected chi connectivity index (χ4v) is 5.45. The van der Waals surface area contributed by atoms with Gasteiger partial charge in [0.25, 0.3) is 0 Å². The Morgan fingerprint density at radius 3 is 1.27 bits per heavy atom. The maximum absolute atomic E-state index is 7.50. The average molecular weight is 405 g/mol. The Morgan fingerprint density at radius 1 is 0.577 bits per heavy atom. The largest absolute Gasteiger partial charge is 0 e. The first-order chi connectivity index (χ1) is 12.4. The van der Waals surface area contributed by atoms with Crippen LogP contribution in [0, 0.1) is 33.3 Å². The second kappa shape index (κ2) is 25.3. The van der Waals surface area contributed by atoms with E-state index in [-0.39, 0.29) is 17.4 Å². The van der Waals surface area contributed by atoms with Crippen molar-refractivity contribution in [1.82, 2.24) is 0 Å². The van der Waals surface area contributed by atoms with Crippen LogP contribution in [0.2, 0.25) is 0 Å². The van der Waals surface area contributed by atoms with E-state index in [1.807, 2.05) is 0 Å². The Kier molecular flexibility index (Phi) is 31.0. The molecule has 0 aromatic heterocycles. The summed E-state index contributed by atoms with van der Waals surface area (Å²) in [6, 6.07) is 11.0. The number of allylic oxidation sites excluding steroid dienone is 6. The number of hydrogen-bond donors (Lipinski definition) is 0. The Bertz CT molecular complexity index is 585. The Labute approximate surface area is 165 Å². The monoisotopic (exact) mass is 405 g/mol. The van der Waals surface area contributed by atoms with Gasteiger partial charge in [0.15, 0.2) is 0 Å². The van der Waals surface area contributed by atoms with Crippen LogP contribution in [0.1, 0.15) is 0 Å². The molecule has 0 saturated carbocycles. The SMILES string of the molecule is C1=CC2C=CC(C=C1)[PH+]2c1ccccc1.[C-]#[O+].[C-]#[O+].[C-]#[O+].[C-]#[O+].[C-]#[O+].[Cr]. The third-order valence-electron chi connectivity index (χ3n) is 3.10. The minimum atomic E-state index is -0.490. The van der Waals surface area contributed by atoms with E-state index in [0.29, 0.717) is 11.3 Å². The summed E-state index contributed by atoms with van der Waals surface area (Å²) in [6.45, 7) is 22.5. The van der Waals surface area contributed by atoms with Crippen molar-refractivity contribution in [2.45, 2.75) is 11.3 Å². The molecule has 2 aliphatic heterocycles. The van der Waals surface area contributed by atoms with Crippen LogP contribution in [0.5, 0.6) is 0 Å². The molecule has 0 radical (unpaired) electrons. The molecule has 1 aromatic carbocycles. The minimum absolute atomic E-state index is 0. The maximum atomic E-state index is 7.50. The van der Waals surface area contributed by atoms with Crippen molar-refractivity contribution < 1.29 is 40.6 Å². The normalized spacial score (nSPS) is 18.8. The van der Waals surface area contributed by atoms with Gasteiger partial charge in [-0.25, -0.2) is 0 Å². The van der Waals surface area contributed by atoms with Crippen LogP contribution < -0.4 is 5.30 Å². The van der Waals surface area contributed by atoms with Gasteiger partial charge in [0.05, 0.1) is 13.2 Å². The van der Waals surface area contributed by atoms with Crippen LogP contribution in [0.15, 0.2) is 66.8 Å². The molecule has 5 nitrogen and oxygen atoms in total. The summed E-state index contributed by atoms with van der Waals surface area (Å²) in [5.41, 5.74) is 1.36. The summed E-state index contributed by atoms with van der Waals surface area (Å²) >= 11 is 0. The van der Waals surface area contributed by atoms with Gasteiger partial charge in [0, 0.05) is 17.4 Å². The molecule has 2 bridgehead atoms. The average Bonchev–Trinajstić information content (AvgIpc) is 3.03. The third-order valence-corrected chi connectivity index (χ3v) is 6.31. The first-order valence-corrected chi connectivity index (χ1v) is 8.08. The molecule has 0 aliphatic carbocycles. The number of rotatable bonds is 1. The van der Waals surface area contributed by atoms with E-state index in [9.17, 15) is 0 Å². The van der Waals surface area contributed by atoms with Crippen molar-refractivity contribution in [1.29, 1.82) is 0 Å². The van der Waals surface area contributed by atoms with Gasteiger partial charge < -0.3 is 0 Å². The summed E-state index contributed by atoms with van der Waals surface area (Å²) in [5, 5.41) is 1.55. The molecule has 130 valence electrons. The molecule has 0 saturated heterocycles. The molecule has 26 heavy (non-hydrogen) atoms. The van der Waals surface area contributed by atoms with Gasteiger partial charge in [-0.2, -0.15) is 0 Å². The summed E-state index contributed by atoms with van der Waals surface area (Å²) in [7, 11) is -0.490. The van der Waals surface area contributed by atoms with E-state index in [2.05, 4.69) is 100 Å². The summed E-state index contributed by atoms with van der Waals surface area (Å²) in [4.78, 5) is 0. The van der Waals surface area contributed by atoms with Gasteiger partial charge in [-0.1, -0.05) is 30.4 Å². The summed E-state index contributed by atoms with van der Waals surface area (Å²) in [6.07, 6.45) is 13.9. The Balaban J connectivity index is -0.000000193. The molecule has 0 fully saturated rings. The van der Waals surface area contributed by atoms with Gasteiger partial charge in [-0.15, -0.1) is 0 Å². The van der Waals surface area contributed by atoms with Gasteiger partial charge in [-0.05, 0) is 36.4 Å². The molecular formula is C19H14CrO5P+. The number of fused-ring (bicyclic) bond motifs is 2. The van der Waals surface area contributed by atoms with Crippen molar-refractivity contribution in [3.05, 3.63) is 100 Å². The zero-order chi connectivity index (χ0) is 20.1. The second-order valence-electron chi connectivity index (χ2n) is 4.03. The summed E-state index contributed by atoms with van der Waals surface area (Å²) < 4.78 is 37.5. The van der Waals surface area contributed by atoms with Crippen molar-refractivity contribution in [2.24, 2.45) is 0 Å². The molecule has 0 N–H and O–H groups in total. The van der Waals surface area contributed by atoms with Gasteiger partial charge >= 0.3 is 56.5 Å². The Morgan fingerprint density at radius 2 is 0.923 bits per heavy atom. The van der Waals surface area contributed by atoms with E-state index in [0.717, 1.165) is 0 Å². The van der Waals surface area contributed by atoms with Crippen LogP contribution in [0.4, 0.5) is 0 Å². The van der Waals surface area contributed by atoms with E-state index < -0.39 is 7.92 Å². The van der Waals surface area contributed by atoms with Gasteiger partial charge in [0.1, 0.15) is 11.3 Å². The predicted octanol–water partition coefficient (Wildman–Crippen LogP) is 2.77. The molecule has 3 rings (SSSR count). The second-order valence-corrected chi connectivity index (χ2v) is 6.85.